The van der Waals surface area contributed by atoms with Crippen molar-refractivity contribution in [1.29, 1.82) is 0 Å². The van der Waals surface area contributed by atoms with Gasteiger partial charge in [0, 0.05) is 16.4 Å². The second-order valence-corrected chi connectivity index (χ2v) is 5.62. The minimum Gasteiger partial charge on any atom is -0.321 e. The number of benzene rings is 2. The van der Waals surface area contributed by atoms with Gasteiger partial charge in [-0.15, -0.1) is 0 Å². The van der Waals surface area contributed by atoms with Gasteiger partial charge in [-0.2, -0.15) is 0 Å². The molecule has 1 heterocycles. The topological polar surface area (TPSA) is 54.9 Å². The van der Waals surface area contributed by atoms with Crippen molar-refractivity contribution in [2.45, 2.75) is 6.92 Å². The van der Waals surface area contributed by atoms with Gasteiger partial charge in [0.25, 0.3) is 5.91 Å². The Bertz CT molecular complexity index is 815. The quantitative estimate of drug-likeness (QED) is 0.767. The number of nitrogens with zero attached hydrogens (tertiary/aromatic N) is 2. The standard InChI is InChI=1S/C16H12BrN3O/c1-10-8-19-15(9-18-10)16(21)20-14-5-3-11-6-13(17)4-2-12(11)7-14/h2-9H,1H3,(H,20,21). The molecular weight excluding hydrogens is 330 g/mol. The maximum absolute atomic E-state index is 12.1. The number of nitrogens with one attached hydrogen (secondary N) is 1. The molecule has 0 aliphatic carbocycles. The Labute approximate surface area is 130 Å². The lowest BCUT2D eigenvalue weighted by Gasteiger charge is -2.06. The maximum Gasteiger partial charge on any atom is 0.275 e. The molecular formula is C16H12BrN3O. The summed E-state index contributed by atoms with van der Waals surface area (Å²) in [6.07, 6.45) is 3.05. The van der Waals surface area contributed by atoms with E-state index < -0.39 is 0 Å². The third-order valence-electron chi connectivity index (χ3n) is 3.07. The van der Waals surface area contributed by atoms with E-state index in [4.69, 9.17) is 0 Å². The highest BCUT2D eigenvalue weighted by Gasteiger charge is 2.08. The van der Waals surface area contributed by atoms with Crippen LogP contribution >= 0.6 is 15.9 Å². The van der Waals surface area contributed by atoms with Crippen molar-refractivity contribution in [3.63, 3.8) is 0 Å². The molecule has 0 aliphatic rings. The lowest BCUT2D eigenvalue weighted by molar-refractivity contribution is 0.102. The van der Waals surface area contributed by atoms with Gasteiger partial charge in [0.05, 0.1) is 11.9 Å². The van der Waals surface area contributed by atoms with Gasteiger partial charge >= 0.3 is 0 Å². The number of aryl methyl sites for hydroxylation is 1. The molecule has 1 aromatic heterocycles. The molecule has 0 aliphatic heterocycles. The van der Waals surface area contributed by atoms with E-state index in [2.05, 4.69) is 31.2 Å². The van der Waals surface area contributed by atoms with Gasteiger partial charge in [0.2, 0.25) is 0 Å². The van der Waals surface area contributed by atoms with Crippen LogP contribution < -0.4 is 5.32 Å². The molecule has 0 unspecified atom stereocenters. The molecule has 3 aromatic rings. The highest BCUT2D eigenvalue weighted by Crippen LogP contribution is 2.23. The maximum atomic E-state index is 12.1. The molecule has 104 valence electrons. The number of rotatable bonds is 2. The van der Waals surface area contributed by atoms with E-state index in [9.17, 15) is 4.79 Å². The largest absolute Gasteiger partial charge is 0.321 e. The average Bonchev–Trinajstić information content (AvgIpc) is 2.48. The molecule has 1 N–H and O–H groups in total. The summed E-state index contributed by atoms with van der Waals surface area (Å²) in [5.74, 6) is -0.265. The van der Waals surface area contributed by atoms with Crippen molar-refractivity contribution in [3.8, 4) is 0 Å². The van der Waals surface area contributed by atoms with Crippen molar-refractivity contribution in [1.82, 2.24) is 9.97 Å². The second kappa shape index (κ2) is 5.61. The van der Waals surface area contributed by atoms with Crippen molar-refractivity contribution < 1.29 is 4.79 Å². The summed E-state index contributed by atoms with van der Waals surface area (Å²) in [7, 11) is 0. The molecule has 0 atom stereocenters. The Balaban J connectivity index is 1.85. The van der Waals surface area contributed by atoms with Gasteiger partial charge in [0.15, 0.2) is 0 Å². The number of halogens is 1. The first-order valence-electron chi connectivity index (χ1n) is 6.41. The highest BCUT2D eigenvalue weighted by atomic mass is 79.9. The van der Waals surface area contributed by atoms with E-state index in [-0.39, 0.29) is 5.91 Å². The highest BCUT2D eigenvalue weighted by molar-refractivity contribution is 9.10. The number of fused-ring (bicyclic) bond motifs is 1. The Morgan fingerprint density at radius 2 is 1.81 bits per heavy atom. The van der Waals surface area contributed by atoms with Crippen molar-refractivity contribution in [2.24, 2.45) is 0 Å². The molecule has 0 spiro atoms. The molecule has 0 fully saturated rings. The summed E-state index contributed by atoms with van der Waals surface area (Å²) < 4.78 is 1.03. The molecule has 0 saturated heterocycles. The molecule has 0 radical (unpaired) electrons. The summed E-state index contributed by atoms with van der Waals surface area (Å²) in [5, 5.41) is 5.00. The van der Waals surface area contributed by atoms with Gasteiger partial charge in [-0.1, -0.05) is 28.1 Å². The number of amides is 1. The van der Waals surface area contributed by atoms with E-state index in [1.807, 2.05) is 43.3 Å². The zero-order valence-corrected chi connectivity index (χ0v) is 12.9. The number of carbonyl (C=O) groups excluding carboxylic acids is 1. The first-order chi connectivity index (χ1) is 10.1. The molecule has 0 bridgehead atoms. The number of hydrogen-bond acceptors (Lipinski definition) is 3. The summed E-state index contributed by atoms with van der Waals surface area (Å²) in [6.45, 7) is 1.83. The number of carbonyl (C=O) groups is 1. The third kappa shape index (κ3) is 3.08. The Morgan fingerprint density at radius 1 is 1.05 bits per heavy atom. The second-order valence-electron chi connectivity index (χ2n) is 4.70. The van der Waals surface area contributed by atoms with E-state index in [1.54, 1.807) is 6.20 Å². The fourth-order valence-corrected chi connectivity index (χ4v) is 2.38. The summed E-state index contributed by atoms with van der Waals surface area (Å²) >= 11 is 3.44. The number of anilines is 1. The van der Waals surface area contributed by atoms with Crippen LogP contribution in [0.1, 0.15) is 16.2 Å². The summed E-state index contributed by atoms with van der Waals surface area (Å²) in [4.78, 5) is 20.2. The van der Waals surface area contributed by atoms with E-state index in [0.717, 1.165) is 26.6 Å². The SMILES string of the molecule is Cc1cnc(C(=O)Nc2ccc3cc(Br)ccc3c2)cn1. The number of aromatic nitrogens is 2. The first-order valence-corrected chi connectivity index (χ1v) is 7.20. The Kier molecular flexibility index (Phi) is 3.66. The normalized spacial score (nSPS) is 10.6. The van der Waals surface area contributed by atoms with Crippen LogP contribution in [0.5, 0.6) is 0 Å². The molecule has 5 heteroatoms. The van der Waals surface area contributed by atoms with E-state index in [1.165, 1.54) is 6.20 Å². The van der Waals surface area contributed by atoms with Gasteiger partial charge in [-0.25, -0.2) is 4.98 Å². The fourth-order valence-electron chi connectivity index (χ4n) is 2.00. The molecule has 4 nitrogen and oxygen atoms in total. The van der Waals surface area contributed by atoms with Crippen LogP contribution in [0.4, 0.5) is 5.69 Å². The lowest BCUT2D eigenvalue weighted by Crippen LogP contribution is -2.14. The molecule has 3 rings (SSSR count). The molecule has 2 aromatic carbocycles. The lowest BCUT2D eigenvalue weighted by atomic mass is 10.1. The predicted molar refractivity (Wildman–Crippen MR) is 86.4 cm³/mol. The van der Waals surface area contributed by atoms with E-state index >= 15 is 0 Å². The number of hydrogen-bond donors (Lipinski definition) is 1. The van der Waals surface area contributed by atoms with Crippen LogP contribution in [0.3, 0.4) is 0 Å². The Morgan fingerprint density at radius 3 is 2.57 bits per heavy atom. The van der Waals surface area contributed by atoms with Gasteiger partial charge < -0.3 is 5.32 Å². The molecule has 21 heavy (non-hydrogen) atoms. The van der Waals surface area contributed by atoms with Gasteiger partial charge in [-0.3, -0.25) is 9.78 Å². The first kappa shape index (κ1) is 13.7. The van der Waals surface area contributed by atoms with Crippen LogP contribution in [-0.2, 0) is 0 Å². The molecule has 1 amide bonds. The third-order valence-corrected chi connectivity index (χ3v) is 3.57. The van der Waals surface area contributed by atoms with Gasteiger partial charge in [-0.05, 0) is 42.0 Å². The van der Waals surface area contributed by atoms with E-state index in [0.29, 0.717) is 5.69 Å². The monoisotopic (exact) mass is 341 g/mol. The van der Waals surface area contributed by atoms with Crippen LogP contribution in [-0.4, -0.2) is 15.9 Å². The summed E-state index contributed by atoms with van der Waals surface area (Å²) in [6, 6.07) is 11.8. The Hall–Kier alpha value is -2.27. The fraction of sp³-hybridized carbons (Fsp3) is 0.0625. The zero-order valence-electron chi connectivity index (χ0n) is 11.3. The van der Waals surface area contributed by atoms with Gasteiger partial charge in [0.1, 0.15) is 5.69 Å². The minimum absolute atomic E-state index is 0.265. The van der Waals surface area contributed by atoms with Crippen LogP contribution in [0, 0.1) is 6.92 Å². The predicted octanol–water partition coefficient (Wildman–Crippen LogP) is 3.95. The summed E-state index contributed by atoms with van der Waals surface area (Å²) in [5.41, 5.74) is 1.82. The van der Waals surface area contributed by atoms with Crippen molar-refractivity contribution in [2.75, 3.05) is 5.32 Å². The van der Waals surface area contributed by atoms with Crippen LogP contribution in [0.25, 0.3) is 10.8 Å². The van der Waals surface area contributed by atoms with Crippen molar-refractivity contribution in [3.05, 3.63) is 64.7 Å². The van der Waals surface area contributed by atoms with Crippen LogP contribution in [0.15, 0.2) is 53.3 Å². The average molecular weight is 342 g/mol. The van der Waals surface area contributed by atoms with Crippen LogP contribution in [0.2, 0.25) is 0 Å². The van der Waals surface area contributed by atoms with Crippen molar-refractivity contribution >= 4 is 38.3 Å². The zero-order chi connectivity index (χ0) is 14.8. The smallest absolute Gasteiger partial charge is 0.275 e. The molecule has 0 saturated carbocycles. The minimum atomic E-state index is -0.265.